The highest BCUT2D eigenvalue weighted by Gasteiger charge is 2.57. The predicted octanol–water partition coefficient (Wildman–Crippen LogP) is 1.90. The normalized spacial score (nSPS) is 37.5. The fourth-order valence-electron chi connectivity index (χ4n) is 5.71. The number of halogens is 2. The van der Waals surface area contributed by atoms with E-state index in [1.165, 1.54) is 0 Å². The Hall–Kier alpha value is -1.09. The monoisotopic (exact) mass is 453 g/mol. The van der Waals surface area contributed by atoms with Crippen LogP contribution in [0.2, 0.25) is 10.0 Å². The van der Waals surface area contributed by atoms with Crippen molar-refractivity contribution in [2.75, 3.05) is 19.7 Å². The van der Waals surface area contributed by atoms with Crippen molar-refractivity contribution in [3.8, 4) is 5.75 Å². The van der Waals surface area contributed by atoms with E-state index in [-0.39, 0.29) is 24.1 Å². The summed E-state index contributed by atoms with van der Waals surface area (Å²) in [7, 11) is 0. The number of hydrogen-bond acceptors (Lipinski definition) is 6. The minimum Gasteiger partial charge on any atom is -0.484 e. The van der Waals surface area contributed by atoms with E-state index in [2.05, 4.69) is 33.3 Å². The summed E-state index contributed by atoms with van der Waals surface area (Å²) in [6.45, 7) is 4.25. The van der Waals surface area contributed by atoms with Crippen LogP contribution in [-0.2, 0) is 4.79 Å². The average Bonchev–Trinajstić information content (AvgIpc) is 3.32. The topological polar surface area (TPSA) is 77.7 Å². The molecule has 2 aliphatic heterocycles. The molecule has 9 heteroatoms. The molecule has 4 N–H and O–H groups in total. The first-order valence-corrected chi connectivity index (χ1v) is 11.6. The Kier molecular flexibility index (Phi) is 5.62. The van der Waals surface area contributed by atoms with Crippen molar-refractivity contribution in [1.29, 1.82) is 0 Å². The maximum absolute atomic E-state index is 12.4. The van der Waals surface area contributed by atoms with Crippen molar-refractivity contribution >= 4 is 29.1 Å². The quantitative estimate of drug-likeness (QED) is 0.526. The number of fused-ring (bicyclic) bond motifs is 2. The Morgan fingerprint density at radius 1 is 1.30 bits per heavy atom. The van der Waals surface area contributed by atoms with Crippen molar-refractivity contribution < 1.29 is 9.53 Å². The van der Waals surface area contributed by atoms with Gasteiger partial charge in [0.25, 0.3) is 5.91 Å². The number of amides is 1. The molecule has 7 nitrogen and oxygen atoms in total. The molecular weight excluding hydrogens is 425 g/mol. The van der Waals surface area contributed by atoms with Gasteiger partial charge in [0.1, 0.15) is 5.75 Å². The minimum atomic E-state index is -0.0930. The van der Waals surface area contributed by atoms with E-state index >= 15 is 0 Å². The molecule has 0 spiro atoms. The lowest BCUT2D eigenvalue weighted by atomic mass is 9.76. The summed E-state index contributed by atoms with van der Waals surface area (Å²) in [5.41, 5.74) is 3.71. The number of ether oxygens (including phenoxy) is 1. The van der Waals surface area contributed by atoms with Gasteiger partial charge >= 0.3 is 0 Å². The van der Waals surface area contributed by atoms with Gasteiger partial charge < -0.3 is 10.1 Å². The van der Waals surface area contributed by atoms with Gasteiger partial charge in [-0.25, -0.2) is 5.01 Å². The zero-order chi connectivity index (χ0) is 20.9. The summed E-state index contributed by atoms with van der Waals surface area (Å²) in [6.07, 6.45) is 4.67. The molecule has 6 rings (SSSR count). The maximum Gasteiger partial charge on any atom is 0.258 e. The summed E-state index contributed by atoms with van der Waals surface area (Å²) < 4.78 is 5.57. The molecule has 3 saturated carbocycles. The second kappa shape index (κ2) is 8.11. The number of hydrazine groups is 1. The molecule has 4 atom stereocenters. The van der Waals surface area contributed by atoms with Gasteiger partial charge in [-0.15, -0.1) is 0 Å². The number of piperazine rings is 1. The molecule has 2 saturated heterocycles. The molecule has 2 heterocycles. The van der Waals surface area contributed by atoms with Crippen LogP contribution in [0.1, 0.15) is 32.6 Å². The predicted molar refractivity (Wildman–Crippen MR) is 117 cm³/mol. The zero-order valence-electron chi connectivity index (χ0n) is 17.1. The van der Waals surface area contributed by atoms with Crippen LogP contribution in [0, 0.1) is 5.92 Å². The molecule has 1 amide bonds. The lowest BCUT2D eigenvalue weighted by molar-refractivity contribution is -0.124. The number of carbonyl (C=O) groups excluding carboxylic acids is 1. The second-order valence-corrected chi connectivity index (χ2v) is 10.1. The summed E-state index contributed by atoms with van der Waals surface area (Å²) in [5, 5.41) is 14.0. The number of rotatable bonds is 6. The van der Waals surface area contributed by atoms with Crippen molar-refractivity contribution in [3.05, 3.63) is 28.2 Å². The summed E-state index contributed by atoms with van der Waals surface area (Å²) >= 11 is 11.9. The van der Waals surface area contributed by atoms with E-state index < -0.39 is 0 Å². The highest BCUT2D eigenvalue weighted by molar-refractivity contribution is 6.42. The van der Waals surface area contributed by atoms with Crippen LogP contribution in [0.25, 0.3) is 0 Å². The van der Waals surface area contributed by atoms with Crippen LogP contribution in [-0.4, -0.2) is 60.4 Å². The van der Waals surface area contributed by atoms with E-state index in [0.29, 0.717) is 40.0 Å². The van der Waals surface area contributed by atoms with Gasteiger partial charge in [0.2, 0.25) is 0 Å². The lowest BCUT2D eigenvalue weighted by Gasteiger charge is -2.46. The molecular formula is C21H29Cl2N5O2. The van der Waals surface area contributed by atoms with Gasteiger partial charge in [-0.2, -0.15) is 0 Å². The Morgan fingerprint density at radius 3 is 2.93 bits per heavy atom. The summed E-state index contributed by atoms with van der Waals surface area (Å²) in [6, 6.07) is 6.22. The van der Waals surface area contributed by atoms with E-state index in [4.69, 9.17) is 27.9 Å². The molecule has 0 aromatic heterocycles. The fourth-order valence-corrected chi connectivity index (χ4v) is 6.00. The van der Waals surface area contributed by atoms with Gasteiger partial charge in [0.15, 0.2) is 6.61 Å². The van der Waals surface area contributed by atoms with E-state index in [0.717, 1.165) is 38.8 Å². The second-order valence-electron chi connectivity index (χ2n) is 9.29. The summed E-state index contributed by atoms with van der Waals surface area (Å²) in [4.78, 5) is 12.4. The molecule has 5 aliphatic rings. The van der Waals surface area contributed by atoms with Crippen LogP contribution < -0.4 is 26.1 Å². The Labute approximate surface area is 187 Å². The van der Waals surface area contributed by atoms with Crippen LogP contribution in [0.3, 0.4) is 0 Å². The smallest absolute Gasteiger partial charge is 0.258 e. The number of hydrogen-bond donors (Lipinski definition) is 4. The molecule has 0 radical (unpaired) electrons. The Balaban J connectivity index is 1.12. The van der Waals surface area contributed by atoms with E-state index in [9.17, 15) is 4.79 Å². The van der Waals surface area contributed by atoms with Crippen LogP contribution >= 0.6 is 23.2 Å². The van der Waals surface area contributed by atoms with E-state index in [1.807, 2.05) is 0 Å². The largest absolute Gasteiger partial charge is 0.484 e. The first-order valence-electron chi connectivity index (χ1n) is 10.8. The SMILES string of the molecule is CC1CC2C(NC34CC(C3)[C@@H](NC(=O)COc3ccc(Cl)c(Cl)c3)C4)NCCN2N1. The molecule has 164 valence electrons. The van der Waals surface area contributed by atoms with Gasteiger partial charge in [-0.1, -0.05) is 23.2 Å². The standard InChI is InChI=1S/C21H29Cl2N5O2/c1-12-6-18-20(24-4-5-28(18)27-12)26-21-8-13(9-21)17(10-21)25-19(29)11-30-14-2-3-15(22)16(23)7-14/h2-3,7,12-13,17-18,20,24,26-27H,4-6,8-11H2,1H3,(H,25,29)/t12?,13?,17-,18?,20?,21?/m0/s1. The van der Waals surface area contributed by atoms with Crippen molar-refractivity contribution in [2.24, 2.45) is 5.92 Å². The number of nitrogens with zero attached hydrogens (tertiary/aromatic N) is 1. The molecule has 3 aliphatic carbocycles. The molecule has 1 aromatic rings. The third-order valence-corrected chi connectivity index (χ3v) is 7.78. The number of benzene rings is 1. The van der Waals surface area contributed by atoms with E-state index in [1.54, 1.807) is 18.2 Å². The fraction of sp³-hybridized carbons (Fsp3) is 0.667. The van der Waals surface area contributed by atoms with Crippen LogP contribution in [0.4, 0.5) is 0 Å². The molecule has 2 bridgehead atoms. The minimum absolute atomic E-state index is 0.0214. The first kappa shape index (κ1) is 20.8. The molecule has 5 fully saturated rings. The van der Waals surface area contributed by atoms with Gasteiger partial charge in [0.05, 0.1) is 22.3 Å². The zero-order valence-corrected chi connectivity index (χ0v) is 18.6. The molecule has 3 unspecified atom stereocenters. The first-order chi connectivity index (χ1) is 14.4. The number of nitrogens with one attached hydrogen (secondary N) is 4. The highest BCUT2D eigenvalue weighted by atomic mass is 35.5. The van der Waals surface area contributed by atoms with Gasteiger partial charge in [0, 0.05) is 36.8 Å². The van der Waals surface area contributed by atoms with Gasteiger partial charge in [-0.3, -0.25) is 20.9 Å². The number of carbonyl (C=O) groups is 1. The molecule has 30 heavy (non-hydrogen) atoms. The van der Waals surface area contributed by atoms with Crippen molar-refractivity contribution in [2.45, 2.75) is 62.4 Å². The van der Waals surface area contributed by atoms with Gasteiger partial charge in [-0.05, 0) is 50.7 Å². The third-order valence-electron chi connectivity index (χ3n) is 7.04. The highest BCUT2D eigenvalue weighted by Crippen LogP contribution is 2.52. The summed E-state index contributed by atoms with van der Waals surface area (Å²) in [5.74, 6) is 0.997. The molecule has 1 aromatic carbocycles. The Morgan fingerprint density at radius 2 is 2.13 bits per heavy atom. The average molecular weight is 454 g/mol. The Bertz CT molecular complexity index is 819. The van der Waals surface area contributed by atoms with Crippen LogP contribution in [0.5, 0.6) is 5.75 Å². The van der Waals surface area contributed by atoms with Crippen LogP contribution in [0.15, 0.2) is 18.2 Å². The van der Waals surface area contributed by atoms with Crippen molar-refractivity contribution in [1.82, 2.24) is 26.4 Å². The maximum atomic E-state index is 12.4. The lowest BCUT2D eigenvalue weighted by Crippen LogP contribution is -2.68. The van der Waals surface area contributed by atoms with Crippen molar-refractivity contribution in [3.63, 3.8) is 0 Å². The third kappa shape index (κ3) is 4.04.